The van der Waals surface area contributed by atoms with Crippen molar-refractivity contribution >= 4 is 11.8 Å². The molecule has 3 rings (SSSR count). The molecule has 1 aromatic carbocycles. The molecule has 0 bridgehead atoms. The van der Waals surface area contributed by atoms with Gasteiger partial charge < -0.3 is 14.9 Å². The van der Waals surface area contributed by atoms with Gasteiger partial charge in [0, 0.05) is 43.6 Å². The molecule has 1 atom stereocenters. The zero-order chi connectivity index (χ0) is 17.9. The first-order valence-electron chi connectivity index (χ1n) is 9.39. The van der Waals surface area contributed by atoms with E-state index < -0.39 is 0 Å². The van der Waals surface area contributed by atoms with Crippen LogP contribution in [0.4, 0.5) is 0 Å². The van der Waals surface area contributed by atoms with Gasteiger partial charge >= 0.3 is 0 Å². The molecule has 2 fully saturated rings. The fourth-order valence-corrected chi connectivity index (χ4v) is 4.19. The van der Waals surface area contributed by atoms with E-state index in [4.69, 9.17) is 0 Å². The third-order valence-corrected chi connectivity index (χ3v) is 5.57. The van der Waals surface area contributed by atoms with Gasteiger partial charge in [-0.05, 0) is 43.9 Å². The summed E-state index contributed by atoms with van der Waals surface area (Å²) >= 11 is 0. The Bertz CT molecular complexity index is 646. The minimum atomic E-state index is -0.0213. The van der Waals surface area contributed by atoms with Crippen LogP contribution in [0.15, 0.2) is 24.3 Å². The summed E-state index contributed by atoms with van der Waals surface area (Å²) in [4.78, 5) is 29.0. The Morgan fingerprint density at radius 2 is 2.12 bits per heavy atom. The second kappa shape index (κ2) is 7.46. The average molecular weight is 344 g/mol. The van der Waals surface area contributed by atoms with Gasteiger partial charge in [-0.2, -0.15) is 0 Å². The standard InChI is InChI=1S/C20H28N2O3/c1-2-3-11-21-14-20(10-8-18(21)24)9-5-12-22(15-20)19(25)16-6-4-7-17(23)13-16/h4,6-7,13,23H,2-3,5,8-12,14-15H2,1H3/t20-/m0/s1. The Morgan fingerprint density at radius 3 is 2.88 bits per heavy atom. The number of likely N-dealkylation sites (tertiary alicyclic amines) is 2. The van der Waals surface area contributed by atoms with Crippen LogP contribution in [0.3, 0.4) is 0 Å². The van der Waals surface area contributed by atoms with Crippen molar-refractivity contribution in [3.63, 3.8) is 0 Å². The third kappa shape index (κ3) is 3.97. The zero-order valence-corrected chi connectivity index (χ0v) is 15.0. The number of carbonyl (C=O) groups is 2. The second-order valence-electron chi connectivity index (χ2n) is 7.55. The summed E-state index contributed by atoms with van der Waals surface area (Å²) in [5.41, 5.74) is 0.568. The van der Waals surface area contributed by atoms with Gasteiger partial charge in [-0.3, -0.25) is 9.59 Å². The van der Waals surface area contributed by atoms with Gasteiger partial charge in [-0.15, -0.1) is 0 Å². The summed E-state index contributed by atoms with van der Waals surface area (Å²) < 4.78 is 0. The van der Waals surface area contributed by atoms with Gasteiger partial charge in [-0.1, -0.05) is 19.4 Å². The molecule has 1 aromatic rings. The highest BCUT2D eigenvalue weighted by molar-refractivity contribution is 5.94. The number of hydrogen-bond donors (Lipinski definition) is 1. The summed E-state index contributed by atoms with van der Waals surface area (Å²) in [7, 11) is 0. The number of phenolic OH excluding ortho intramolecular Hbond substituents is 1. The van der Waals surface area contributed by atoms with Gasteiger partial charge in [0.05, 0.1) is 0 Å². The zero-order valence-electron chi connectivity index (χ0n) is 15.0. The van der Waals surface area contributed by atoms with Crippen LogP contribution >= 0.6 is 0 Å². The number of carbonyl (C=O) groups excluding carboxylic acids is 2. The predicted octanol–water partition coefficient (Wildman–Crippen LogP) is 3.04. The van der Waals surface area contributed by atoms with Crippen LogP contribution in [-0.2, 0) is 4.79 Å². The molecular weight excluding hydrogens is 316 g/mol. The van der Waals surface area contributed by atoms with Crippen molar-refractivity contribution < 1.29 is 14.7 Å². The number of hydrogen-bond acceptors (Lipinski definition) is 3. The van der Waals surface area contributed by atoms with Crippen LogP contribution in [0, 0.1) is 5.41 Å². The average Bonchev–Trinajstić information content (AvgIpc) is 2.62. The summed E-state index contributed by atoms with van der Waals surface area (Å²) in [6.45, 7) is 5.20. The van der Waals surface area contributed by atoms with Crippen LogP contribution in [-0.4, -0.2) is 52.9 Å². The van der Waals surface area contributed by atoms with Gasteiger partial charge in [0.2, 0.25) is 5.91 Å². The maximum Gasteiger partial charge on any atom is 0.254 e. The SMILES string of the molecule is CCCCN1C[C@]2(CCCN(C(=O)c3cccc(O)c3)C2)CCC1=O. The molecule has 0 aromatic heterocycles. The minimum absolute atomic E-state index is 0.0213. The summed E-state index contributed by atoms with van der Waals surface area (Å²) in [5.74, 6) is 0.356. The minimum Gasteiger partial charge on any atom is -0.508 e. The highest BCUT2D eigenvalue weighted by atomic mass is 16.3. The molecule has 5 nitrogen and oxygen atoms in total. The number of amides is 2. The Balaban J connectivity index is 1.71. The van der Waals surface area contributed by atoms with Crippen LogP contribution in [0.1, 0.15) is 55.8 Å². The smallest absolute Gasteiger partial charge is 0.254 e. The third-order valence-electron chi connectivity index (χ3n) is 5.57. The molecule has 0 aliphatic carbocycles. The van der Waals surface area contributed by atoms with Gasteiger partial charge in [0.15, 0.2) is 0 Å². The summed E-state index contributed by atoms with van der Waals surface area (Å²) in [6.07, 6.45) is 5.63. The predicted molar refractivity (Wildman–Crippen MR) is 96.4 cm³/mol. The molecule has 0 unspecified atom stereocenters. The highest BCUT2D eigenvalue weighted by Gasteiger charge is 2.42. The Kier molecular flexibility index (Phi) is 5.30. The number of unbranched alkanes of at least 4 members (excludes halogenated alkanes) is 1. The van der Waals surface area contributed by atoms with Crippen LogP contribution in [0.5, 0.6) is 5.75 Å². The molecule has 0 saturated carbocycles. The van der Waals surface area contributed by atoms with E-state index in [2.05, 4.69) is 6.92 Å². The first-order chi connectivity index (χ1) is 12.0. The first-order valence-corrected chi connectivity index (χ1v) is 9.39. The van der Waals surface area contributed by atoms with Gasteiger partial charge in [0.25, 0.3) is 5.91 Å². The fraction of sp³-hybridized carbons (Fsp3) is 0.600. The summed E-state index contributed by atoms with van der Waals surface area (Å²) in [5, 5.41) is 9.63. The number of benzene rings is 1. The lowest BCUT2D eigenvalue weighted by Gasteiger charge is -2.48. The number of nitrogens with zero attached hydrogens (tertiary/aromatic N) is 2. The van der Waals surface area contributed by atoms with Gasteiger partial charge in [-0.25, -0.2) is 0 Å². The Labute approximate surface area is 149 Å². The van der Waals surface area contributed by atoms with E-state index in [0.29, 0.717) is 18.5 Å². The lowest BCUT2D eigenvalue weighted by atomic mass is 9.73. The van der Waals surface area contributed by atoms with E-state index in [1.54, 1.807) is 18.2 Å². The van der Waals surface area contributed by atoms with E-state index in [0.717, 1.165) is 51.7 Å². The Morgan fingerprint density at radius 1 is 1.28 bits per heavy atom. The van der Waals surface area contributed by atoms with E-state index >= 15 is 0 Å². The van der Waals surface area contributed by atoms with Crippen molar-refractivity contribution in [2.75, 3.05) is 26.2 Å². The van der Waals surface area contributed by atoms with E-state index in [9.17, 15) is 14.7 Å². The molecule has 2 saturated heterocycles. The van der Waals surface area contributed by atoms with Gasteiger partial charge in [0.1, 0.15) is 5.75 Å². The van der Waals surface area contributed by atoms with Crippen molar-refractivity contribution in [1.82, 2.24) is 9.80 Å². The molecule has 2 amide bonds. The fourth-order valence-electron chi connectivity index (χ4n) is 4.19. The lowest BCUT2D eigenvalue weighted by molar-refractivity contribution is -0.139. The normalized spacial score (nSPS) is 24.0. The molecule has 25 heavy (non-hydrogen) atoms. The maximum absolute atomic E-state index is 12.8. The number of phenols is 1. The largest absolute Gasteiger partial charge is 0.508 e. The van der Waals surface area contributed by atoms with E-state index in [1.165, 1.54) is 6.07 Å². The lowest BCUT2D eigenvalue weighted by Crippen LogP contribution is -2.55. The quantitative estimate of drug-likeness (QED) is 0.913. The van der Waals surface area contributed by atoms with Crippen LogP contribution < -0.4 is 0 Å². The van der Waals surface area contributed by atoms with Crippen LogP contribution in [0.2, 0.25) is 0 Å². The molecule has 1 N–H and O–H groups in total. The van der Waals surface area contributed by atoms with Crippen LogP contribution in [0.25, 0.3) is 0 Å². The number of piperidine rings is 2. The molecule has 5 heteroatoms. The summed E-state index contributed by atoms with van der Waals surface area (Å²) in [6, 6.07) is 6.56. The van der Waals surface area contributed by atoms with Crippen molar-refractivity contribution in [1.29, 1.82) is 0 Å². The van der Waals surface area contributed by atoms with E-state index in [1.807, 2.05) is 9.80 Å². The molecular formula is C20H28N2O3. The molecule has 0 radical (unpaired) electrons. The monoisotopic (exact) mass is 344 g/mol. The molecule has 2 aliphatic heterocycles. The second-order valence-corrected chi connectivity index (χ2v) is 7.55. The first kappa shape index (κ1) is 17.8. The van der Waals surface area contributed by atoms with Crippen molar-refractivity contribution in [2.24, 2.45) is 5.41 Å². The topological polar surface area (TPSA) is 60.9 Å². The van der Waals surface area contributed by atoms with E-state index in [-0.39, 0.29) is 23.0 Å². The Hall–Kier alpha value is -2.04. The van der Waals surface area contributed by atoms with Crippen molar-refractivity contribution in [2.45, 2.75) is 45.4 Å². The molecule has 1 spiro atoms. The van der Waals surface area contributed by atoms with Crippen molar-refractivity contribution in [3.05, 3.63) is 29.8 Å². The maximum atomic E-state index is 12.8. The molecule has 136 valence electrons. The number of rotatable bonds is 4. The van der Waals surface area contributed by atoms with Crippen molar-refractivity contribution in [3.8, 4) is 5.75 Å². The number of aromatic hydroxyl groups is 1. The molecule has 2 heterocycles. The molecule has 2 aliphatic rings. The highest BCUT2D eigenvalue weighted by Crippen LogP contribution is 2.39.